The Morgan fingerprint density at radius 3 is 2.81 bits per heavy atom. The van der Waals surface area contributed by atoms with E-state index in [1.54, 1.807) is 11.3 Å². The first kappa shape index (κ1) is 17.1. The van der Waals surface area contributed by atoms with Gasteiger partial charge in [-0.1, -0.05) is 6.07 Å². The van der Waals surface area contributed by atoms with Gasteiger partial charge in [-0.05, 0) is 61.7 Å². The van der Waals surface area contributed by atoms with Crippen molar-refractivity contribution in [3.05, 3.63) is 48.0 Å². The minimum absolute atomic E-state index is 0.00389. The number of benzene rings is 2. The molecule has 2 heterocycles. The van der Waals surface area contributed by atoms with Crippen LogP contribution in [0.25, 0.3) is 20.8 Å². The van der Waals surface area contributed by atoms with E-state index in [0.717, 1.165) is 34.6 Å². The van der Waals surface area contributed by atoms with Crippen LogP contribution in [0.15, 0.2) is 42.5 Å². The molecule has 3 aromatic rings. The Hall–Kier alpha value is -2.28. The molecule has 1 amide bonds. The molecule has 2 atom stereocenters. The van der Waals surface area contributed by atoms with Crippen LogP contribution in [0.1, 0.15) is 18.4 Å². The van der Waals surface area contributed by atoms with Gasteiger partial charge in [0, 0.05) is 17.8 Å². The van der Waals surface area contributed by atoms with Crippen molar-refractivity contribution in [1.29, 1.82) is 0 Å². The number of carbonyl (C=O) groups excluding carboxylic acids is 1. The third kappa shape index (κ3) is 3.49. The summed E-state index contributed by atoms with van der Waals surface area (Å²) >= 11 is 1.68. The molecule has 0 saturated carbocycles. The number of aryl methyl sites for hydroxylation is 1. The van der Waals surface area contributed by atoms with Crippen molar-refractivity contribution in [1.82, 2.24) is 4.98 Å². The molecule has 0 aliphatic carbocycles. The van der Waals surface area contributed by atoms with Crippen molar-refractivity contribution >= 4 is 33.1 Å². The van der Waals surface area contributed by atoms with Gasteiger partial charge in [-0.2, -0.15) is 0 Å². The second-order valence-electron chi connectivity index (χ2n) is 6.62. The number of ether oxygens (including phenoxy) is 1. The lowest BCUT2D eigenvalue weighted by atomic mass is 10.1. The average molecular weight is 367 g/mol. The first-order valence-corrected chi connectivity index (χ1v) is 9.58. The Labute approximate surface area is 156 Å². The molecule has 0 unspecified atom stereocenters. The molecule has 134 valence electrons. The first-order chi connectivity index (χ1) is 12.6. The van der Waals surface area contributed by atoms with E-state index in [1.807, 2.05) is 24.3 Å². The topological polar surface area (TPSA) is 77.2 Å². The van der Waals surface area contributed by atoms with Gasteiger partial charge in [0.15, 0.2) is 0 Å². The molecule has 0 bridgehead atoms. The monoisotopic (exact) mass is 367 g/mol. The zero-order valence-electron chi connectivity index (χ0n) is 14.6. The van der Waals surface area contributed by atoms with Crippen molar-refractivity contribution in [2.45, 2.75) is 32.0 Å². The van der Waals surface area contributed by atoms with E-state index in [2.05, 4.69) is 30.4 Å². The number of nitrogens with zero attached hydrogens (tertiary/aromatic N) is 1. The van der Waals surface area contributed by atoms with E-state index in [-0.39, 0.29) is 12.0 Å². The van der Waals surface area contributed by atoms with E-state index in [9.17, 15) is 4.79 Å². The quantitative estimate of drug-likeness (QED) is 0.737. The summed E-state index contributed by atoms with van der Waals surface area (Å²) < 4.78 is 6.82. The predicted octanol–water partition coefficient (Wildman–Crippen LogP) is 3.72. The molecule has 1 fully saturated rings. The van der Waals surface area contributed by atoms with Crippen molar-refractivity contribution < 1.29 is 9.53 Å². The number of amides is 1. The number of nitrogens with one attached hydrogen (secondary N) is 1. The van der Waals surface area contributed by atoms with Crippen molar-refractivity contribution in [3.8, 4) is 10.6 Å². The van der Waals surface area contributed by atoms with Gasteiger partial charge >= 0.3 is 0 Å². The maximum Gasteiger partial charge on any atom is 0.253 e. The highest BCUT2D eigenvalue weighted by Gasteiger charge is 2.29. The summed E-state index contributed by atoms with van der Waals surface area (Å²) in [4.78, 5) is 17.0. The smallest absolute Gasteiger partial charge is 0.253 e. The van der Waals surface area contributed by atoms with Crippen LogP contribution < -0.4 is 11.1 Å². The van der Waals surface area contributed by atoms with Crippen LogP contribution in [0.5, 0.6) is 0 Å². The van der Waals surface area contributed by atoms with Gasteiger partial charge in [-0.15, -0.1) is 11.3 Å². The number of carbonyl (C=O) groups is 1. The molecule has 1 saturated heterocycles. The van der Waals surface area contributed by atoms with Gasteiger partial charge in [-0.25, -0.2) is 4.98 Å². The minimum Gasteiger partial charge on any atom is -0.364 e. The lowest BCUT2D eigenvalue weighted by Crippen LogP contribution is -2.29. The predicted molar refractivity (Wildman–Crippen MR) is 105 cm³/mol. The number of hydrogen-bond donors (Lipinski definition) is 2. The highest BCUT2D eigenvalue weighted by molar-refractivity contribution is 7.21. The molecule has 1 aliphatic heterocycles. The van der Waals surface area contributed by atoms with E-state index in [4.69, 9.17) is 15.5 Å². The van der Waals surface area contributed by atoms with Gasteiger partial charge in [0.05, 0.1) is 16.3 Å². The van der Waals surface area contributed by atoms with Gasteiger partial charge in [-0.3, -0.25) is 4.79 Å². The number of thiazole rings is 1. The van der Waals surface area contributed by atoms with Crippen molar-refractivity contribution in [2.75, 3.05) is 11.9 Å². The summed E-state index contributed by atoms with van der Waals surface area (Å²) in [5, 5.41) is 3.90. The number of rotatable bonds is 4. The first-order valence-electron chi connectivity index (χ1n) is 8.76. The standard InChI is InChI=1S/C20H21N3O2S/c1-12-2-8-16-18(10-12)26-20(23-16)13-3-5-14(6-4-13)22-19(24)17-9-7-15(11-21)25-17/h2-6,8,10,15,17H,7,9,11,21H2,1H3,(H,22,24)/t15-,17+/m1/s1. The molecule has 1 aromatic heterocycles. The van der Waals surface area contributed by atoms with Crippen LogP contribution in [0.3, 0.4) is 0 Å². The summed E-state index contributed by atoms with van der Waals surface area (Å²) in [5.74, 6) is -0.107. The van der Waals surface area contributed by atoms with Gasteiger partial charge in [0.1, 0.15) is 11.1 Å². The Morgan fingerprint density at radius 1 is 1.27 bits per heavy atom. The lowest BCUT2D eigenvalue weighted by Gasteiger charge is -2.12. The number of nitrogens with two attached hydrogens (primary N) is 1. The summed E-state index contributed by atoms with van der Waals surface area (Å²) in [6.45, 7) is 2.54. The highest BCUT2D eigenvalue weighted by Crippen LogP contribution is 2.31. The average Bonchev–Trinajstić information content (AvgIpc) is 3.28. The third-order valence-electron chi connectivity index (χ3n) is 4.61. The highest BCUT2D eigenvalue weighted by atomic mass is 32.1. The van der Waals surface area contributed by atoms with E-state index in [0.29, 0.717) is 6.54 Å². The van der Waals surface area contributed by atoms with Crippen LogP contribution >= 0.6 is 11.3 Å². The largest absolute Gasteiger partial charge is 0.364 e. The number of anilines is 1. The molecule has 0 radical (unpaired) electrons. The lowest BCUT2D eigenvalue weighted by molar-refractivity contribution is -0.126. The Morgan fingerprint density at radius 2 is 2.08 bits per heavy atom. The number of hydrogen-bond acceptors (Lipinski definition) is 5. The van der Waals surface area contributed by atoms with E-state index < -0.39 is 6.10 Å². The second-order valence-corrected chi connectivity index (χ2v) is 7.65. The summed E-state index contributed by atoms with van der Waals surface area (Å²) in [5.41, 5.74) is 9.65. The van der Waals surface area contributed by atoms with E-state index >= 15 is 0 Å². The van der Waals surface area contributed by atoms with Crippen LogP contribution in [0, 0.1) is 6.92 Å². The van der Waals surface area contributed by atoms with Crippen LogP contribution in [-0.4, -0.2) is 29.6 Å². The molecule has 4 rings (SSSR count). The Balaban J connectivity index is 1.47. The summed E-state index contributed by atoms with van der Waals surface area (Å²) in [6.07, 6.45) is 1.15. The number of aromatic nitrogens is 1. The zero-order valence-corrected chi connectivity index (χ0v) is 15.4. The fourth-order valence-corrected chi connectivity index (χ4v) is 4.22. The molecule has 6 heteroatoms. The number of fused-ring (bicyclic) bond motifs is 1. The minimum atomic E-state index is -0.407. The molecular weight excluding hydrogens is 346 g/mol. The summed E-state index contributed by atoms with van der Waals surface area (Å²) in [6, 6.07) is 14.1. The van der Waals surface area contributed by atoms with Crippen molar-refractivity contribution in [2.24, 2.45) is 5.73 Å². The normalized spacial score (nSPS) is 19.8. The van der Waals surface area contributed by atoms with Gasteiger partial charge in [0.25, 0.3) is 5.91 Å². The van der Waals surface area contributed by atoms with Crippen molar-refractivity contribution in [3.63, 3.8) is 0 Å². The SMILES string of the molecule is Cc1ccc2nc(-c3ccc(NC(=O)[C@@H]4CC[C@H](CN)O4)cc3)sc2c1. The second kappa shape index (κ2) is 7.15. The fraction of sp³-hybridized carbons (Fsp3) is 0.300. The Kier molecular flexibility index (Phi) is 4.72. The Bertz CT molecular complexity index is 936. The molecule has 0 spiro atoms. The molecular formula is C20H21N3O2S. The fourth-order valence-electron chi connectivity index (χ4n) is 3.15. The van der Waals surface area contributed by atoms with Crippen LogP contribution in [0.4, 0.5) is 5.69 Å². The van der Waals surface area contributed by atoms with Crippen LogP contribution in [-0.2, 0) is 9.53 Å². The molecule has 1 aliphatic rings. The zero-order chi connectivity index (χ0) is 18.1. The third-order valence-corrected chi connectivity index (χ3v) is 5.67. The van der Waals surface area contributed by atoms with Gasteiger partial charge in [0.2, 0.25) is 0 Å². The maximum absolute atomic E-state index is 12.3. The molecule has 3 N–H and O–H groups in total. The molecule has 5 nitrogen and oxygen atoms in total. The maximum atomic E-state index is 12.3. The van der Waals surface area contributed by atoms with Gasteiger partial charge < -0.3 is 15.8 Å². The van der Waals surface area contributed by atoms with Crippen LogP contribution in [0.2, 0.25) is 0 Å². The molecule has 2 aromatic carbocycles. The molecule has 26 heavy (non-hydrogen) atoms. The van der Waals surface area contributed by atoms with E-state index in [1.165, 1.54) is 10.3 Å². The summed E-state index contributed by atoms with van der Waals surface area (Å²) in [7, 11) is 0.